The lowest BCUT2D eigenvalue weighted by Gasteiger charge is -2.28. The molecular formula is C26H27N3O3S. The molecule has 3 heterocycles. The predicted molar refractivity (Wildman–Crippen MR) is 128 cm³/mol. The van der Waals surface area contributed by atoms with E-state index < -0.39 is 0 Å². The number of hydrogen-bond donors (Lipinski definition) is 1. The van der Waals surface area contributed by atoms with E-state index in [0.717, 1.165) is 29.5 Å². The molecule has 170 valence electrons. The van der Waals surface area contributed by atoms with E-state index in [9.17, 15) is 4.79 Å². The molecule has 1 fully saturated rings. The van der Waals surface area contributed by atoms with Crippen molar-refractivity contribution in [2.75, 3.05) is 32.8 Å². The SMILES string of the molecule is O=C(NCC(c1ccccc1)N1CCCC1)c1cccnc1Sc1ccc2c(c1)OCCO2. The average Bonchev–Trinajstić information content (AvgIpc) is 3.40. The maximum absolute atomic E-state index is 13.2. The Balaban J connectivity index is 1.31. The largest absolute Gasteiger partial charge is 0.486 e. The van der Waals surface area contributed by atoms with Crippen LogP contribution in [0.3, 0.4) is 0 Å². The first-order valence-electron chi connectivity index (χ1n) is 11.4. The minimum Gasteiger partial charge on any atom is -0.486 e. The van der Waals surface area contributed by atoms with E-state index in [4.69, 9.17) is 9.47 Å². The summed E-state index contributed by atoms with van der Waals surface area (Å²) in [6.07, 6.45) is 4.13. The normalized spacial score (nSPS) is 16.4. The Morgan fingerprint density at radius 3 is 2.61 bits per heavy atom. The van der Waals surface area contributed by atoms with Crippen LogP contribution >= 0.6 is 11.8 Å². The quantitative estimate of drug-likeness (QED) is 0.556. The van der Waals surface area contributed by atoms with Crippen LogP contribution in [-0.4, -0.2) is 48.6 Å². The fourth-order valence-electron chi connectivity index (χ4n) is 4.31. The molecule has 0 saturated carbocycles. The molecule has 0 radical (unpaired) electrons. The van der Waals surface area contributed by atoms with E-state index in [0.29, 0.717) is 30.3 Å². The van der Waals surface area contributed by atoms with E-state index in [1.54, 1.807) is 12.3 Å². The number of fused-ring (bicyclic) bond motifs is 1. The van der Waals surface area contributed by atoms with Gasteiger partial charge < -0.3 is 14.8 Å². The van der Waals surface area contributed by atoms with Crippen LogP contribution < -0.4 is 14.8 Å². The zero-order valence-electron chi connectivity index (χ0n) is 18.4. The first kappa shape index (κ1) is 21.8. The predicted octanol–water partition coefficient (Wildman–Crippen LogP) is 4.57. The number of carbonyl (C=O) groups excluding carboxylic acids is 1. The Labute approximate surface area is 198 Å². The summed E-state index contributed by atoms with van der Waals surface area (Å²) in [4.78, 5) is 21.1. The van der Waals surface area contributed by atoms with Gasteiger partial charge in [0.25, 0.3) is 5.91 Å². The summed E-state index contributed by atoms with van der Waals surface area (Å²) in [7, 11) is 0. The van der Waals surface area contributed by atoms with Crippen molar-refractivity contribution < 1.29 is 14.3 Å². The van der Waals surface area contributed by atoms with Crippen LogP contribution in [-0.2, 0) is 0 Å². The molecule has 1 unspecified atom stereocenters. The number of amides is 1. The molecule has 2 aliphatic rings. The molecule has 2 aromatic carbocycles. The third kappa shape index (κ3) is 5.15. The van der Waals surface area contributed by atoms with Crippen LogP contribution in [0.25, 0.3) is 0 Å². The summed E-state index contributed by atoms with van der Waals surface area (Å²) in [6.45, 7) is 3.79. The van der Waals surface area contributed by atoms with Gasteiger partial charge in [-0.05, 0) is 61.8 Å². The molecule has 33 heavy (non-hydrogen) atoms. The van der Waals surface area contributed by atoms with Crippen molar-refractivity contribution in [2.24, 2.45) is 0 Å². The Kier molecular flexibility index (Phi) is 6.79. The van der Waals surface area contributed by atoms with E-state index in [1.165, 1.54) is 30.2 Å². The van der Waals surface area contributed by atoms with Gasteiger partial charge >= 0.3 is 0 Å². The van der Waals surface area contributed by atoms with Crippen molar-refractivity contribution in [3.63, 3.8) is 0 Å². The number of carbonyl (C=O) groups is 1. The topological polar surface area (TPSA) is 63.7 Å². The first-order valence-corrected chi connectivity index (χ1v) is 12.2. The molecule has 1 N–H and O–H groups in total. The third-order valence-corrected chi connectivity index (χ3v) is 6.97. The molecule has 0 spiro atoms. The number of ether oxygens (including phenoxy) is 2. The van der Waals surface area contributed by atoms with Crippen molar-refractivity contribution in [3.05, 3.63) is 78.0 Å². The number of nitrogens with zero attached hydrogens (tertiary/aromatic N) is 2. The summed E-state index contributed by atoms with van der Waals surface area (Å²) in [5, 5.41) is 3.84. The zero-order chi connectivity index (χ0) is 22.5. The maximum atomic E-state index is 13.2. The van der Waals surface area contributed by atoms with Crippen molar-refractivity contribution in [1.82, 2.24) is 15.2 Å². The fraction of sp³-hybridized carbons (Fsp3) is 0.308. The molecule has 1 aromatic heterocycles. The number of aromatic nitrogens is 1. The molecule has 7 heteroatoms. The molecular weight excluding hydrogens is 434 g/mol. The van der Waals surface area contributed by atoms with Crippen molar-refractivity contribution in [1.29, 1.82) is 0 Å². The van der Waals surface area contributed by atoms with Crippen LogP contribution in [0.2, 0.25) is 0 Å². The molecule has 1 saturated heterocycles. The number of benzene rings is 2. The second-order valence-corrected chi connectivity index (χ2v) is 9.21. The van der Waals surface area contributed by atoms with Gasteiger partial charge in [0.15, 0.2) is 11.5 Å². The Bertz CT molecular complexity index is 1100. The molecule has 1 amide bonds. The van der Waals surface area contributed by atoms with Gasteiger partial charge in [-0.25, -0.2) is 4.98 Å². The lowest BCUT2D eigenvalue weighted by Crippen LogP contribution is -2.37. The maximum Gasteiger partial charge on any atom is 0.254 e. The molecule has 0 aliphatic carbocycles. The highest BCUT2D eigenvalue weighted by Gasteiger charge is 2.24. The fourth-order valence-corrected chi connectivity index (χ4v) is 5.22. The second kappa shape index (κ2) is 10.3. The Morgan fingerprint density at radius 2 is 1.79 bits per heavy atom. The molecule has 0 bridgehead atoms. The number of likely N-dealkylation sites (tertiary alicyclic amines) is 1. The van der Waals surface area contributed by atoms with Gasteiger partial charge in [0.05, 0.1) is 11.6 Å². The van der Waals surface area contributed by atoms with E-state index in [-0.39, 0.29) is 11.9 Å². The standard InChI is InChI=1S/C26H27N3O3S/c30-25(28-18-22(29-13-4-5-14-29)19-7-2-1-3-8-19)21-9-6-12-27-26(21)33-20-10-11-23-24(17-20)32-16-15-31-23/h1-3,6-12,17,22H,4-5,13-16,18H2,(H,28,30). The number of pyridine rings is 1. The summed E-state index contributed by atoms with van der Waals surface area (Å²) in [6, 6.07) is 20.0. The van der Waals surface area contributed by atoms with Gasteiger partial charge in [0.1, 0.15) is 18.2 Å². The van der Waals surface area contributed by atoms with Gasteiger partial charge in [-0.3, -0.25) is 9.69 Å². The lowest BCUT2D eigenvalue weighted by molar-refractivity contribution is 0.0934. The molecule has 6 nitrogen and oxygen atoms in total. The monoisotopic (exact) mass is 461 g/mol. The molecule has 2 aliphatic heterocycles. The van der Waals surface area contributed by atoms with Gasteiger partial charge in [0, 0.05) is 17.6 Å². The van der Waals surface area contributed by atoms with E-state index in [2.05, 4.69) is 39.5 Å². The van der Waals surface area contributed by atoms with Crippen molar-refractivity contribution in [2.45, 2.75) is 28.8 Å². The highest BCUT2D eigenvalue weighted by atomic mass is 32.2. The van der Waals surface area contributed by atoms with Crippen LogP contribution in [0.4, 0.5) is 0 Å². The van der Waals surface area contributed by atoms with Crippen LogP contribution in [0, 0.1) is 0 Å². The van der Waals surface area contributed by atoms with Crippen LogP contribution in [0.5, 0.6) is 11.5 Å². The zero-order valence-corrected chi connectivity index (χ0v) is 19.2. The van der Waals surface area contributed by atoms with E-state index >= 15 is 0 Å². The van der Waals surface area contributed by atoms with Crippen molar-refractivity contribution >= 4 is 17.7 Å². The highest BCUT2D eigenvalue weighted by molar-refractivity contribution is 7.99. The lowest BCUT2D eigenvalue weighted by atomic mass is 10.1. The van der Waals surface area contributed by atoms with Crippen molar-refractivity contribution in [3.8, 4) is 11.5 Å². The summed E-state index contributed by atoms with van der Waals surface area (Å²) < 4.78 is 11.3. The smallest absolute Gasteiger partial charge is 0.254 e. The Morgan fingerprint density at radius 1 is 1.00 bits per heavy atom. The van der Waals surface area contributed by atoms with Crippen LogP contribution in [0.15, 0.2) is 76.8 Å². The minimum absolute atomic E-state index is 0.108. The number of nitrogens with one attached hydrogen (secondary N) is 1. The Hall–Kier alpha value is -3.03. The number of hydrogen-bond acceptors (Lipinski definition) is 6. The van der Waals surface area contributed by atoms with Gasteiger partial charge in [-0.15, -0.1) is 0 Å². The minimum atomic E-state index is -0.108. The summed E-state index contributed by atoms with van der Waals surface area (Å²) >= 11 is 1.45. The van der Waals surface area contributed by atoms with Crippen LogP contribution in [0.1, 0.15) is 34.8 Å². The number of rotatable bonds is 7. The molecule has 3 aromatic rings. The van der Waals surface area contributed by atoms with Gasteiger partial charge in [0.2, 0.25) is 0 Å². The van der Waals surface area contributed by atoms with E-state index in [1.807, 2.05) is 30.3 Å². The summed E-state index contributed by atoms with van der Waals surface area (Å²) in [5.41, 5.74) is 1.81. The second-order valence-electron chi connectivity index (χ2n) is 8.14. The molecule has 1 atom stereocenters. The van der Waals surface area contributed by atoms with Gasteiger partial charge in [-0.2, -0.15) is 0 Å². The summed E-state index contributed by atoms with van der Waals surface area (Å²) in [5.74, 6) is 1.37. The molecule has 5 rings (SSSR count). The first-order chi connectivity index (χ1) is 16.3. The van der Waals surface area contributed by atoms with Gasteiger partial charge in [-0.1, -0.05) is 42.1 Å². The average molecular weight is 462 g/mol. The third-order valence-electron chi connectivity index (χ3n) is 5.97. The highest BCUT2D eigenvalue weighted by Crippen LogP contribution is 2.37.